The fourth-order valence-corrected chi connectivity index (χ4v) is 22.5. The van der Waals surface area contributed by atoms with Crippen molar-refractivity contribution in [2.45, 2.75) is 129 Å². The molecule has 4 saturated carbocycles. The second-order valence-corrected chi connectivity index (χ2v) is 27.2. The zero-order chi connectivity index (χ0) is 38.6. The molecule has 57 heavy (non-hydrogen) atoms. The molecule has 298 valence electrons. The van der Waals surface area contributed by atoms with Gasteiger partial charge >= 0.3 is 343 Å². The van der Waals surface area contributed by atoms with Crippen molar-refractivity contribution in [2.75, 3.05) is 0 Å². The predicted molar refractivity (Wildman–Crippen MR) is 232 cm³/mol. The van der Waals surface area contributed by atoms with Crippen LogP contribution in [0.15, 0.2) is 105 Å². The molecule has 3 heteroatoms. The Kier molecular flexibility index (Phi) is 11.7. The van der Waals surface area contributed by atoms with Gasteiger partial charge in [-0.1, -0.05) is 0 Å². The van der Waals surface area contributed by atoms with Gasteiger partial charge in [0.05, 0.1) is 0 Å². The van der Waals surface area contributed by atoms with Crippen molar-refractivity contribution in [2.24, 2.45) is 29.1 Å². The minimum atomic E-state index is -2.95. The Morgan fingerprint density at radius 2 is 1.04 bits per heavy atom. The molecule has 1 atom stereocenters. The molecule has 0 N–H and O–H groups in total. The largest absolute Gasteiger partial charge is 1.00 e. The molecule has 4 fully saturated rings. The average Bonchev–Trinajstić information content (AvgIpc) is 3.58. The van der Waals surface area contributed by atoms with Gasteiger partial charge in [-0.15, -0.1) is 0 Å². The molecular weight excluding hydrogens is 811 g/mol. The van der Waals surface area contributed by atoms with Gasteiger partial charge in [0, 0.05) is 0 Å². The van der Waals surface area contributed by atoms with Gasteiger partial charge < -0.3 is 24.8 Å². The van der Waals surface area contributed by atoms with Crippen molar-refractivity contribution < 1.29 is 46.1 Å². The van der Waals surface area contributed by atoms with Crippen molar-refractivity contribution in [3.63, 3.8) is 0 Å². The van der Waals surface area contributed by atoms with Gasteiger partial charge in [0.15, 0.2) is 0 Å². The first-order chi connectivity index (χ1) is 26.1. The summed E-state index contributed by atoms with van der Waals surface area (Å²) in [5, 5.41) is 0. The van der Waals surface area contributed by atoms with E-state index >= 15 is 0 Å². The first-order valence-electron chi connectivity index (χ1n) is 21.7. The second-order valence-electron chi connectivity index (χ2n) is 21.2. The molecule has 0 amide bonds. The minimum Gasteiger partial charge on any atom is -1.00 e. The Morgan fingerprint density at radius 1 is 0.614 bits per heavy atom. The van der Waals surface area contributed by atoms with E-state index in [0.717, 1.165) is 17.8 Å². The van der Waals surface area contributed by atoms with Crippen molar-refractivity contribution >= 4 is 3.21 Å². The van der Waals surface area contributed by atoms with Crippen LogP contribution in [0.3, 0.4) is 0 Å². The van der Waals surface area contributed by atoms with Gasteiger partial charge in [-0.3, -0.25) is 0 Å². The summed E-state index contributed by atoms with van der Waals surface area (Å²) >= 11 is -2.95. The predicted octanol–water partition coefficient (Wildman–Crippen LogP) is 8.32. The maximum atomic E-state index is 2.79. The molecule has 4 aromatic carbocycles. The number of aryl methyl sites for hydroxylation is 2. The number of fused-ring (bicyclic) bond motifs is 3. The van der Waals surface area contributed by atoms with Crippen LogP contribution in [0.2, 0.25) is 0 Å². The molecule has 0 spiro atoms. The van der Waals surface area contributed by atoms with Crippen molar-refractivity contribution in [3.8, 4) is 11.1 Å². The van der Waals surface area contributed by atoms with E-state index in [4.69, 9.17) is 0 Å². The van der Waals surface area contributed by atoms with Gasteiger partial charge in [0.25, 0.3) is 0 Å². The van der Waals surface area contributed by atoms with Gasteiger partial charge in [-0.05, 0) is 0 Å². The van der Waals surface area contributed by atoms with Gasteiger partial charge in [0.2, 0.25) is 0 Å². The number of hydrogen-bond donors (Lipinski definition) is 0. The van der Waals surface area contributed by atoms with E-state index in [-0.39, 0.29) is 35.6 Å². The van der Waals surface area contributed by atoms with Gasteiger partial charge in [-0.25, -0.2) is 0 Å². The van der Waals surface area contributed by atoms with E-state index in [1.54, 1.807) is 25.5 Å². The molecule has 4 bridgehead atoms. The van der Waals surface area contributed by atoms with E-state index in [2.05, 4.69) is 160 Å². The van der Waals surface area contributed by atoms with E-state index in [1.165, 1.54) is 89.5 Å². The van der Waals surface area contributed by atoms with Crippen LogP contribution in [0.25, 0.3) is 11.1 Å². The summed E-state index contributed by atoms with van der Waals surface area (Å²) < 4.78 is 3.94. The zero-order valence-electron chi connectivity index (χ0n) is 36.3. The fraction of sp³-hybridized carbons (Fsp3) is 0.463. The summed E-state index contributed by atoms with van der Waals surface area (Å²) in [6.07, 6.45) is 13.1. The standard InChI is InChI=1S/C21H25.C18H25.C15H14.2ClH.Zr/c1-20(2,3)16-9-7-14-11-15-8-10-17(21(4,5)6)13-19(15)18(14)12-16;1-12-3-13(2)17(4-12)11-18-8-14-5-15(9-18)7-16(6-14)10-18;1-12-3-7-14(8-4-12)11-15-9-5-13(2)6-10-15;;;/h7-13H,1-6H3;4,12,14-16H,5-11H2,1-2H3;3-10H,1-2H3;2*1H;/q;;;;;+2/p-2. The normalized spacial score (nSPS) is 24.6. The summed E-state index contributed by atoms with van der Waals surface area (Å²) in [6, 6.07) is 34.6. The maximum absolute atomic E-state index is 2.95. The Labute approximate surface area is 365 Å². The molecule has 0 saturated heterocycles. The molecule has 0 aliphatic heterocycles. The van der Waals surface area contributed by atoms with Crippen LogP contribution in [-0.2, 0) is 32.1 Å². The summed E-state index contributed by atoms with van der Waals surface area (Å²) in [5.74, 6) is 3.45. The van der Waals surface area contributed by atoms with E-state index in [1.807, 2.05) is 3.28 Å². The SMILES string of the molecule is CC1=[C]([Zr+2](=[C](c2ccc(C)cc2)c2ccc(C)cc2)[CH]2c3ccc(C(C)(C)C)cc3-c3cc(C(C)(C)C)ccc32)C(C)C=C1CC12CC3CC(CC(C3)C1)C2.[Cl-].[Cl-]. The van der Waals surface area contributed by atoms with Crippen LogP contribution < -0.4 is 24.8 Å². The number of rotatable bonds is 6. The number of benzene rings is 4. The summed E-state index contributed by atoms with van der Waals surface area (Å²) in [6.45, 7) is 23.9. The smallest absolute Gasteiger partial charge is 1.00 e. The molecule has 6 aliphatic rings. The average molecular weight is 875 g/mol. The molecule has 10 rings (SSSR count). The van der Waals surface area contributed by atoms with Crippen LogP contribution in [0.1, 0.15) is 148 Å². The van der Waals surface area contributed by atoms with Crippen LogP contribution in [0, 0.1) is 42.9 Å². The Hall–Kier alpha value is -2.31. The molecule has 0 heterocycles. The molecule has 0 aromatic heterocycles. The Bertz CT molecular complexity index is 2120. The zero-order valence-corrected chi connectivity index (χ0v) is 40.2. The first kappa shape index (κ1) is 42.8. The van der Waals surface area contributed by atoms with Crippen molar-refractivity contribution in [1.29, 1.82) is 0 Å². The molecule has 0 radical (unpaired) electrons. The van der Waals surface area contributed by atoms with E-state index < -0.39 is 21.3 Å². The fourth-order valence-electron chi connectivity index (χ4n) is 12.4. The third-order valence-electron chi connectivity index (χ3n) is 14.8. The summed E-state index contributed by atoms with van der Waals surface area (Å²) in [4.78, 5) is 0. The van der Waals surface area contributed by atoms with Gasteiger partial charge in [0.1, 0.15) is 0 Å². The Morgan fingerprint density at radius 3 is 1.44 bits per heavy atom. The summed E-state index contributed by atoms with van der Waals surface area (Å²) in [7, 11) is 0. The van der Waals surface area contributed by atoms with Crippen molar-refractivity contribution in [1.82, 2.24) is 0 Å². The first-order valence-corrected chi connectivity index (χ1v) is 25.5. The van der Waals surface area contributed by atoms with E-state index in [9.17, 15) is 0 Å². The molecule has 4 aromatic rings. The van der Waals surface area contributed by atoms with Gasteiger partial charge in [-0.2, -0.15) is 0 Å². The van der Waals surface area contributed by atoms with Crippen LogP contribution in [-0.4, -0.2) is 3.21 Å². The number of halogens is 2. The third kappa shape index (κ3) is 7.79. The Balaban J connectivity index is 0.00000248. The summed E-state index contributed by atoms with van der Waals surface area (Å²) in [5.41, 5.74) is 18.7. The molecule has 6 aliphatic carbocycles. The molecular formula is C54H64Cl2Zr. The maximum Gasteiger partial charge on any atom is -1.00 e. The minimum absolute atomic E-state index is 0. The second kappa shape index (κ2) is 15.6. The quantitative estimate of drug-likeness (QED) is 0.183. The number of hydrogen-bond acceptors (Lipinski definition) is 0. The van der Waals surface area contributed by atoms with Crippen molar-refractivity contribution in [3.05, 3.63) is 150 Å². The topological polar surface area (TPSA) is 0 Å². The van der Waals surface area contributed by atoms with E-state index in [0.29, 0.717) is 15.0 Å². The van der Waals surface area contributed by atoms with Crippen LogP contribution in [0.5, 0.6) is 0 Å². The monoisotopic (exact) mass is 872 g/mol. The molecule has 1 unspecified atom stereocenters. The van der Waals surface area contributed by atoms with Crippen LogP contribution >= 0.6 is 0 Å². The molecule has 0 nitrogen and oxygen atoms in total. The number of allylic oxidation sites excluding steroid dienone is 4. The van der Waals surface area contributed by atoms with Crippen LogP contribution in [0.4, 0.5) is 0 Å². The third-order valence-corrected chi connectivity index (χ3v) is 24.0.